The summed E-state index contributed by atoms with van der Waals surface area (Å²) in [6.07, 6.45) is 1.79. The van der Waals surface area contributed by atoms with Crippen molar-refractivity contribution in [2.24, 2.45) is 5.73 Å². The zero-order valence-electron chi connectivity index (χ0n) is 9.72. The van der Waals surface area contributed by atoms with Crippen molar-refractivity contribution in [2.75, 3.05) is 13.6 Å². The Balaban J connectivity index is 2.09. The zero-order chi connectivity index (χ0) is 12.3. The maximum Gasteiger partial charge on any atom is 0.223 e. The summed E-state index contributed by atoms with van der Waals surface area (Å²) in [5.41, 5.74) is 7.93. The smallest absolute Gasteiger partial charge is 0.223 e. The number of amides is 1. The standard InChI is InChI=1S/C12H15N3O2/c1-15(12(16)4-5-13)7-9-2-3-10-11(6-9)17-8-14-10/h2-3,6,8H,4-5,7,13H2,1H3. The first-order valence-electron chi connectivity index (χ1n) is 5.47. The molecule has 0 aliphatic heterocycles. The van der Waals surface area contributed by atoms with Crippen LogP contribution in [-0.2, 0) is 11.3 Å². The molecule has 1 aromatic heterocycles. The van der Waals surface area contributed by atoms with Gasteiger partial charge in [-0.3, -0.25) is 4.79 Å². The minimum absolute atomic E-state index is 0.0465. The van der Waals surface area contributed by atoms with E-state index >= 15 is 0 Å². The molecule has 2 aromatic rings. The first-order valence-corrected chi connectivity index (χ1v) is 5.47. The van der Waals surface area contributed by atoms with Gasteiger partial charge in [0.1, 0.15) is 5.52 Å². The van der Waals surface area contributed by atoms with Gasteiger partial charge in [-0.15, -0.1) is 0 Å². The van der Waals surface area contributed by atoms with Crippen LogP contribution in [0.3, 0.4) is 0 Å². The van der Waals surface area contributed by atoms with E-state index in [2.05, 4.69) is 4.98 Å². The lowest BCUT2D eigenvalue weighted by atomic mass is 10.2. The molecule has 0 radical (unpaired) electrons. The quantitative estimate of drug-likeness (QED) is 0.859. The number of aromatic nitrogens is 1. The monoisotopic (exact) mass is 233 g/mol. The number of fused-ring (bicyclic) bond motifs is 1. The average Bonchev–Trinajstić information content (AvgIpc) is 2.76. The minimum atomic E-state index is 0.0465. The predicted molar refractivity (Wildman–Crippen MR) is 64.2 cm³/mol. The van der Waals surface area contributed by atoms with E-state index in [0.29, 0.717) is 19.5 Å². The highest BCUT2D eigenvalue weighted by molar-refractivity contribution is 5.76. The molecule has 2 N–H and O–H groups in total. The van der Waals surface area contributed by atoms with Crippen molar-refractivity contribution >= 4 is 17.0 Å². The third kappa shape index (κ3) is 2.62. The third-order valence-electron chi connectivity index (χ3n) is 2.60. The molecule has 5 nitrogen and oxygen atoms in total. The molecule has 2 rings (SSSR count). The summed E-state index contributed by atoms with van der Waals surface area (Å²) < 4.78 is 5.21. The van der Waals surface area contributed by atoms with Crippen molar-refractivity contribution in [3.63, 3.8) is 0 Å². The summed E-state index contributed by atoms with van der Waals surface area (Å²) in [4.78, 5) is 17.3. The number of oxazole rings is 1. The van der Waals surface area contributed by atoms with E-state index in [0.717, 1.165) is 16.7 Å². The van der Waals surface area contributed by atoms with Crippen LogP contribution >= 0.6 is 0 Å². The number of nitrogens with zero attached hydrogens (tertiary/aromatic N) is 2. The zero-order valence-corrected chi connectivity index (χ0v) is 9.72. The molecule has 0 unspecified atom stereocenters. The van der Waals surface area contributed by atoms with Gasteiger partial charge in [0.25, 0.3) is 0 Å². The lowest BCUT2D eigenvalue weighted by Crippen LogP contribution is -2.27. The number of hydrogen-bond acceptors (Lipinski definition) is 4. The number of benzene rings is 1. The molecule has 0 aliphatic rings. The van der Waals surface area contributed by atoms with Gasteiger partial charge in [0, 0.05) is 26.6 Å². The highest BCUT2D eigenvalue weighted by Gasteiger charge is 2.09. The molecule has 1 heterocycles. The first-order chi connectivity index (χ1) is 8.20. The molecule has 0 aliphatic carbocycles. The van der Waals surface area contributed by atoms with Crippen LogP contribution in [0.4, 0.5) is 0 Å². The van der Waals surface area contributed by atoms with Crippen LogP contribution in [0, 0.1) is 0 Å². The van der Waals surface area contributed by atoms with Gasteiger partial charge < -0.3 is 15.1 Å². The molecule has 0 bridgehead atoms. The Morgan fingerprint density at radius 2 is 2.35 bits per heavy atom. The molecule has 5 heteroatoms. The summed E-state index contributed by atoms with van der Waals surface area (Å²) in [6, 6.07) is 5.72. The Bertz CT molecular complexity index is 521. The van der Waals surface area contributed by atoms with Gasteiger partial charge in [-0.25, -0.2) is 4.98 Å². The lowest BCUT2D eigenvalue weighted by molar-refractivity contribution is -0.130. The average molecular weight is 233 g/mol. The number of carbonyl (C=O) groups is 1. The molecule has 0 fully saturated rings. The van der Waals surface area contributed by atoms with Crippen LogP contribution in [0.25, 0.3) is 11.1 Å². The number of hydrogen-bond donors (Lipinski definition) is 1. The Morgan fingerprint density at radius 1 is 1.53 bits per heavy atom. The van der Waals surface area contributed by atoms with Gasteiger partial charge >= 0.3 is 0 Å². The highest BCUT2D eigenvalue weighted by atomic mass is 16.3. The van der Waals surface area contributed by atoms with Crippen molar-refractivity contribution in [3.05, 3.63) is 30.2 Å². The highest BCUT2D eigenvalue weighted by Crippen LogP contribution is 2.15. The van der Waals surface area contributed by atoms with Crippen molar-refractivity contribution in [2.45, 2.75) is 13.0 Å². The van der Waals surface area contributed by atoms with Crippen molar-refractivity contribution in [1.29, 1.82) is 0 Å². The van der Waals surface area contributed by atoms with E-state index in [4.69, 9.17) is 10.2 Å². The second-order valence-electron chi connectivity index (χ2n) is 3.94. The fourth-order valence-corrected chi connectivity index (χ4v) is 1.67. The van der Waals surface area contributed by atoms with Crippen LogP contribution in [-0.4, -0.2) is 29.4 Å². The van der Waals surface area contributed by atoms with Crippen LogP contribution in [0.2, 0.25) is 0 Å². The summed E-state index contributed by atoms with van der Waals surface area (Å²) in [5.74, 6) is 0.0465. The Hall–Kier alpha value is -1.88. The summed E-state index contributed by atoms with van der Waals surface area (Å²) in [5, 5.41) is 0. The lowest BCUT2D eigenvalue weighted by Gasteiger charge is -2.16. The topological polar surface area (TPSA) is 72.4 Å². The predicted octanol–water partition coefficient (Wildman–Crippen LogP) is 1.14. The molecule has 1 aromatic carbocycles. The normalized spacial score (nSPS) is 10.7. The van der Waals surface area contributed by atoms with Crippen molar-refractivity contribution in [1.82, 2.24) is 9.88 Å². The van der Waals surface area contributed by atoms with Gasteiger partial charge in [0.15, 0.2) is 12.0 Å². The van der Waals surface area contributed by atoms with E-state index in [9.17, 15) is 4.79 Å². The SMILES string of the molecule is CN(Cc1ccc2ncoc2c1)C(=O)CCN. The minimum Gasteiger partial charge on any atom is -0.443 e. The summed E-state index contributed by atoms with van der Waals surface area (Å²) in [6.45, 7) is 0.930. The van der Waals surface area contributed by atoms with E-state index in [1.165, 1.54) is 6.39 Å². The number of rotatable bonds is 4. The van der Waals surface area contributed by atoms with E-state index in [-0.39, 0.29) is 5.91 Å². The molecule has 90 valence electrons. The van der Waals surface area contributed by atoms with Crippen molar-refractivity contribution in [3.8, 4) is 0 Å². The second kappa shape index (κ2) is 4.97. The summed E-state index contributed by atoms with van der Waals surface area (Å²) in [7, 11) is 1.77. The van der Waals surface area contributed by atoms with Crippen LogP contribution < -0.4 is 5.73 Å². The number of carbonyl (C=O) groups excluding carboxylic acids is 1. The van der Waals surface area contributed by atoms with Crippen LogP contribution in [0.1, 0.15) is 12.0 Å². The largest absolute Gasteiger partial charge is 0.443 e. The molecule has 17 heavy (non-hydrogen) atoms. The van der Waals surface area contributed by atoms with E-state index in [1.54, 1.807) is 11.9 Å². The van der Waals surface area contributed by atoms with E-state index < -0.39 is 0 Å². The molecular weight excluding hydrogens is 218 g/mol. The fraction of sp³-hybridized carbons (Fsp3) is 0.333. The maximum atomic E-state index is 11.6. The molecule has 0 atom stereocenters. The van der Waals surface area contributed by atoms with Gasteiger partial charge in [0.05, 0.1) is 0 Å². The van der Waals surface area contributed by atoms with Crippen LogP contribution in [0.5, 0.6) is 0 Å². The van der Waals surface area contributed by atoms with Crippen LogP contribution in [0.15, 0.2) is 29.0 Å². The van der Waals surface area contributed by atoms with E-state index in [1.807, 2.05) is 18.2 Å². The van der Waals surface area contributed by atoms with Crippen molar-refractivity contribution < 1.29 is 9.21 Å². The molecule has 0 saturated carbocycles. The third-order valence-corrected chi connectivity index (χ3v) is 2.60. The second-order valence-corrected chi connectivity index (χ2v) is 3.94. The van der Waals surface area contributed by atoms with Gasteiger partial charge in [-0.2, -0.15) is 0 Å². The Morgan fingerprint density at radius 3 is 3.12 bits per heavy atom. The number of nitrogens with two attached hydrogens (primary N) is 1. The molecule has 1 amide bonds. The Kier molecular flexibility index (Phi) is 3.39. The molecule has 0 spiro atoms. The molecular formula is C12H15N3O2. The molecule has 0 saturated heterocycles. The maximum absolute atomic E-state index is 11.6. The fourth-order valence-electron chi connectivity index (χ4n) is 1.67. The first kappa shape index (κ1) is 11.6. The van der Waals surface area contributed by atoms with Gasteiger partial charge in [-0.1, -0.05) is 6.07 Å². The van der Waals surface area contributed by atoms with Gasteiger partial charge in [-0.05, 0) is 17.7 Å². The summed E-state index contributed by atoms with van der Waals surface area (Å²) >= 11 is 0. The Labute approximate surface area is 99.2 Å². The van der Waals surface area contributed by atoms with Gasteiger partial charge in [0.2, 0.25) is 5.91 Å².